The topological polar surface area (TPSA) is 63.4 Å². The van der Waals surface area contributed by atoms with Gasteiger partial charge in [-0.25, -0.2) is 0 Å². The van der Waals surface area contributed by atoms with Gasteiger partial charge in [-0.2, -0.15) is 0 Å². The number of carbonyl (C=O) groups is 1. The molecule has 4 rings (SSSR count). The summed E-state index contributed by atoms with van der Waals surface area (Å²) in [6, 6.07) is 21.2. The third kappa shape index (κ3) is 4.67. The molecule has 1 fully saturated rings. The Morgan fingerprint density at radius 1 is 1.06 bits per heavy atom. The summed E-state index contributed by atoms with van der Waals surface area (Å²) in [5, 5.41) is 11.7. The van der Waals surface area contributed by atoms with Gasteiger partial charge in [0.1, 0.15) is 0 Å². The maximum atomic E-state index is 13.1. The van der Waals surface area contributed by atoms with Crippen molar-refractivity contribution in [3.05, 3.63) is 98.4 Å². The van der Waals surface area contributed by atoms with E-state index in [4.69, 9.17) is 23.8 Å². The lowest BCUT2D eigenvalue weighted by molar-refractivity contribution is -0.384. The van der Waals surface area contributed by atoms with Gasteiger partial charge >= 0.3 is 0 Å². The molecule has 1 aliphatic rings. The van der Waals surface area contributed by atoms with Gasteiger partial charge in [0.15, 0.2) is 4.32 Å². The van der Waals surface area contributed by atoms with Gasteiger partial charge in [-0.1, -0.05) is 77.7 Å². The van der Waals surface area contributed by atoms with Crippen LogP contribution in [0.3, 0.4) is 0 Å². The van der Waals surface area contributed by atoms with Crippen molar-refractivity contribution in [3.63, 3.8) is 0 Å². The van der Waals surface area contributed by atoms with Gasteiger partial charge in [0.05, 0.1) is 20.5 Å². The van der Waals surface area contributed by atoms with E-state index in [2.05, 4.69) is 0 Å². The van der Waals surface area contributed by atoms with E-state index in [1.54, 1.807) is 36.4 Å². The minimum Gasteiger partial charge on any atom is -0.268 e. The molecule has 0 radical (unpaired) electrons. The van der Waals surface area contributed by atoms with Crippen molar-refractivity contribution in [1.29, 1.82) is 0 Å². The van der Waals surface area contributed by atoms with E-state index in [0.29, 0.717) is 25.5 Å². The van der Waals surface area contributed by atoms with E-state index in [1.807, 2.05) is 30.3 Å². The number of rotatable bonds is 5. The van der Waals surface area contributed by atoms with Crippen LogP contribution in [0.4, 0.5) is 11.4 Å². The van der Waals surface area contributed by atoms with Crippen molar-refractivity contribution in [3.8, 4) is 0 Å². The summed E-state index contributed by atoms with van der Waals surface area (Å²) in [6.45, 7) is 0. The zero-order valence-corrected chi connectivity index (χ0v) is 18.9. The third-order valence-electron chi connectivity index (χ3n) is 4.35. The Kier molecular flexibility index (Phi) is 6.43. The third-order valence-corrected chi connectivity index (χ3v) is 7.07. The molecule has 1 heterocycles. The summed E-state index contributed by atoms with van der Waals surface area (Å²) >= 11 is 14.3. The Bertz CT molecular complexity index is 1230. The number of nitro benzene ring substituents is 1. The first kappa shape index (κ1) is 21.6. The van der Waals surface area contributed by atoms with Gasteiger partial charge < -0.3 is 0 Å². The van der Waals surface area contributed by atoms with Crippen LogP contribution in [0.1, 0.15) is 5.56 Å². The zero-order chi connectivity index (χ0) is 22.0. The molecule has 1 aliphatic heterocycles. The standard InChI is InChI=1S/C22H13ClN2O3S3/c23-17-8-4-5-9-18(17)24-21(26)20(31-22(24)29)13-14-12-15(25(27)28)10-11-19(14)30-16-6-2-1-3-7-16/h1-13H/b20-13+. The predicted octanol–water partition coefficient (Wildman–Crippen LogP) is 6.81. The first-order valence-electron chi connectivity index (χ1n) is 8.98. The number of non-ortho nitro benzene ring substituents is 1. The molecular weight excluding hydrogens is 472 g/mol. The summed E-state index contributed by atoms with van der Waals surface area (Å²) in [6.07, 6.45) is 1.65. The van der Waals surface area contributed by atoms with E-state index in [1.165, 1.54) is 28.8 Å². The molecular formula is C22H13ClN2O3S3. The minimum atomic E-state index is -0.455. The van der Waals surface area contributed by atoms with Crippen molar-refractivity contribution >= 4 is 75.0 Å². The number of carbonyl (C=O) groups excluding carboxylic acids is 1. The number of thioether (sulfide) groups is 1. The Morgan fingerprint density at radius 2 is 1.77 bits per heavy atom. The molecule has 0 spiro atoms. The SMILES string of the molecule is O=C1/C(=C\c2cc([N+](=O)[O-])ccc2Sc2ccccc2)SC(=S)N1c1ccccc1Cl. The lowest BCUT2D eigenvalue weighted by Gasteiger charge is -2.15. The fraction of sp³-hybridized carbons (Fsp3) is 0. The zero-order valence-electron chi connectivity index (χ0n) is 15.7. The highest BCUT2D eigenvalue weighted by atomic mass is 35.5. The highest BCUT2D eigenvalue weighted by Gasteiger charge is 2.34. The van der Waals surface area contributed by atoms with Crippen molar-refractivity contribution in [2.45, 2.75) is 9.79 Å². The number of para-hydroxylation sites is 1. The van der Waals surface area contributed by atoms with Gasteiger partial charge in [0, 0.05) is 21.9 Å². The summed E-state index contributed by atoms with van der Waals surface area (Å²) in [7, 11) is 0. The average Bonchev–Trinajstić information content (AvgIpc) is 3.03. The number of halogens is 1. The number of amides is 1. The molecule has 0 aliphatic carbocycles. The molecule has 1 amide bonds. The first-order valence-corrected chi connectivity index (χ1v) is 11.4. The highest BCUT2D eigenvalue weighted by molar-refractivity contribution is 8.27. The highest BCUT2D eigenvalue weighted by Crippen LogP contribution is 2.40. The maximum absolute atomic E-state index is 13.1. The number of benzene rings is 3. The van der Waals surface area contributed by atoms with Crippen LogP contribution in [-0.4, -0.2) is 15.2 Å². The van der Waals surface area contributed by atoms with Crippen LogP contribution < -0.4 is 4.90 Å². The number of hydrogen-bond donors (Lipinski definition) is 0. The summed E-state index contributed by atoms with van der Waals surface area (Å²) in [5.41, 5.74) is 1.03. The lowest BCUT2D eigenvalue weighted by Crippen LogP contribution is -2.27. The fourth-order valence-electron chi connectivity index (χ4n) is 2.92. The van der Waals surface area contributed by atoms with Crippen molar-refractivity contribution in [2.24, 2.45) is 0 Å². The Morgan fingerprint density at radius 3 is 2.48 bits per heavy atom. The van der Waals surface area contributed by atoms with Crippen LogP contribution >= 0.6 is 47.3 Å². The minimum absolute atomic E-state index is 0.0507. The van der Waals surface area contributed by atoms with Crippen molar-refractivity contribution in [2.75, 3.05) is 4.90 Å². The molecule has 0 saturated carbocycles. The van der Waals surface area contributed by atoms with Crippen LogP contribution in [0.15, 0.2) is 87.5 Å². The molecule has 1 saturated heterocycles. The van der Waals surface area contributed by atoms with E-state index >= 15 is 0 Å². The number of nitro groups is 1. The van der Waals surface area contributed by atoms with Crippen LogP contribution in [0, 0.1) is 10.1 Å². The van der Waals surface area contributed by atoms with Crippen LogP contribution in [0.5, 0.6) is 0 Å². The summed E-state index contributed by atoms with van der Waals surface area (Å²) in [4.78, 5) is 27.5. The number of nitrogens with zero attached hydrogens (tertiary/aromatic N) is 2. The Labute approximate surface area is 197 Å². The lowest BCUT2D eigenvalue weighted by atomic mass is 10.2. The molecule has 9 heteroatoms. The van der Waals surface area contributed by atoms with Gasteiger partial charge in [0.2, 0.25) is 0 Å². The molecule has 0 bridgehead atoms. The monoisotopic (exact) mass is 484 g/mol. The largest absolute Gasteiger partial charge is 0.270 e. The molecule has 0 aromatic heterocycles. The van der Waals surface area contributed by atoms with Gasteiger partial charge in [0.25, 0.3) is 11.6 Å². The van der Waals surface area contributed by atoms with Crippen molar-refractivity contribution in [1.82, 2.24) is 0 Å². The van der Waals surface area contributed by atoms with E-state index < -0.39 is 4.92 Å². The number of anilines is 1. The summed E-state index contributed by atoms with van der Waals surface area (Å²) in [5.74, 6) is -0.315. The van der Waals surface area contributed by atoms with Gasteiger partial charge in [-0.05, 0) is 42.0 Å². The van der Waals surface area contributed by atoms with E-state index in [0.717, 1.165) is 21.6 Å². The van der Waals surface area contributed by atoms with Gasteiger partial charge in [-0.3, -0.25) is 19.8 Å². The molecule has 0 N–H and O–H groups in total. The fourth-order valence-corrected chi connectivity index (χ4v) is 5.34. The second-order valence-corrected chi connectivity index (χ2v) is 9.56. The quantitative estimate of drug-likeness (QED) is 0.171. The first-order chi connectivity index (χ1) is 14.9. The number of hydrogen-bond acceptors (Lipinski definition) is 6. The second kappa shape index (κ2) is 9.23. The smallest absolute Gasteiger partial charge is 0.268 e. The summed E-state index contributed by atoms with van der Waals surface area (Å²) < 4.78 is 0.354. The molecule has 3 aromatic rings. The Balaban J connectivity index is 1.74. The molecule has 0 unspecified atom stereocenters. The molecule has 3 aromatic carbocycles. The van der Waals surface area contributed by atoms with E-state index in [-0.39, 0.29) is 11.6 Å². The molecule has 5 nitrogen and oxygen atoms in total. The normalized spacial score (nSPS) is 15.0. The van der Waals surface area contributed by atoms with Crippen LogP contribution in [-0.2, 0) is 4.79 Å². The Hall–Kier alpha value is -2.65. The van der Waals surface area contributed by atoms with E-state index in [9.17, 15) is 14.9 Å². The molecule has 0 atom stereocenters. The molecule has 154 valence electrons. The molecule has 31 heavy (non-hydrogen) atoms. The number of thiocarbonyl (C=S) groups is 1. The van der Waals surface area contributed by atoms with Crippen LogP contribution in [0.2, 0.25) is 5.02 Å². The van der Waals surface area contributed by atoms with Crippen molar-refractivity contribution < 1.29 is 9.72 Å². The maximum Gasteiger partial charge on any atom is 0.270 e. The average molecular weight is 485 g/mol. The predicted molar refractivity (Wildman–Crippen MR) is 131 cm³/mol. The van der Waals surface area contributed by atoms with Crippen LogP contribution in [0.25, 0.3) is 6.08 Å². The van der Waals surface area contributed by atoms with Gasteiger partial charge in [-0.15, -0.1) is 0 Å². The second-order valence-electron chi connectivity index (χ2n) is 6.36.